The molecule has 0 saturated carbocycles. The number of hydrogen-bond acceptors (Lipinski definition) is 6. The molecule has 1 aliphatic heterocycles. The third kappa shape index (κ3) is 4.85. The van der Waals surface area contributed by atoms with E-state index in [2.05, 4.69) is 15.8 Å². The minimum atomic E-state index is -1.02. The van der Waals surface area contributed by atoms with E-state index in [1.54, 1.807) is 36.4 Å². The van der Waals surface area contributed by atoms with E-state index in [4.69, 9.17) is 14.6 Å². The number of rotatable bonds is 6. The average molecular weight is 383 g/mol. The van der Waals surface area contributed by atoms with E-state index in [0.717, 1.165) is 0 Å². The molecule has 0 unspecified atom stereocenters. The Morgan fingerprint density at radius 3 is 2.54 bits per heavy atom. The van der Waals surface area contributed by atoms with E-state index in [9.17, 15) is 14.4 Å². The second kappa shape index (κ2) is 8.67. The van der Waals surface area contributed by atoms with Crippen molar-refractivity contribution < 1.29 is 29.0 Å². The molecule has 0 bridgehead atoms. The van der Waals surface area contributed by atoms with Crippen LogP contribution < -0.4 is 20.2 Å². The summed E-state index contributed by atoms with van der Waals surface area (Å²) in [6.07, 6.45) is 0.513. The Labute approximate surface area is 160 Å². The topological polar surface area (TPSA) is 126 Å². The van der Waals surface area contributed by atoms with Crippen molar-refractivity contribution in [2.75, 3.05) is 13.2 Å². The van der Waals surface area contributed by atoms with Crippen LogP contribution in [-0.4, -0.2) is 48.4 Å². The maximum absolute atomic E-state index is 12.1. The Hall–Kier alpha value is -3.88. The summed E-state index contributed by atoms with van der Waals surface area (Å²) in [7, 11) is 0. The molecule has 0 aromatic heterocycles. The SMILES string of the molecule is O=C(CNC(=O)[C@@H]1COc2ccccc2O1)N/N=C/c1ccc(C(=O)O)cc1. The molecule has 1 aliphatic rings. The van der Waals surface area contributed by atoms with Crippen molar-refractivity contribution in [1.82, 2.24) is 10.7 Å². The van der Waals surface area contributed by atoms with Crippen LogP contribution in [0.25, 0.3) is 0 Å². The lowest BCUT2D eigenvalue weighted by Crippen LogP contribution is -2.46. The molecular formula is C19H17N3O6. The number of amides is 2. The number of hydrogen-bond donors (Lipinski definition) is 3. The number of nitrogens with one attached hydrogen (secondary N) is 2. The molecule has 144 valence electrons. The van der Waals surface area contributed by atoms with Gasteiger partial charge < -0.3 is 19.9 Å². The standard InChI is InChI=1S/C19H17N3O6/c23-17(22-21-9-12-5-7-13(8-6-12)19(25)26)10-20-18(24)16-11-27-14-3-1-2-4-15(14)28-16/h1-9,16H,10-11H2,(H,20,24)(H,22,23)(H,25,26)/b21-9+/t16-/m0/s1. The van der Waals surface area contributed by atoms with Crippen LogP contribution >= 0.6 is 0 Å². The third-order valence-electron chi connectivity index (χ3n) is 3.78. The van der Waals surface area contributed by atoms with Gasteiger partial charge in [-0.3, -0.25) is 9.59 Å². The van der Waals surface area contributed by atoms with Gasteiger partial charge in [-0.05, 0) is 29.8 Å². The van der Waals surface area contributed by atoms with Crippen molar-refractivity contribution in [3.05, 3.63) is 59.7 Å². The Kier molecular flexibility index (Phi) is 5.85. The van der Waals surface area contributed by atoms with Crippen molar-refractivity contribution >= 4 is 24.0 Å². The zero-order valence-corrected chi connectivity index (χ0v) is 14.6. The zero-order valence-electron chi connectivity index (χ0n) is 14.6. The molecule has 0 spiro atoms. The summed E-state index contributed by atoms with van der Waals surface area (Å²) in [5.41, 5.74) is 3.03. The highest BCUT2D eigenvalue weighted by molar-refractivity contribution is 5.90. The first-order valence-electron chi connectivity index (χ1n) is 8.34. The predicted octanol–water partition coefficient (Wildman–Crippen LogP) is 0.791. The maximum Gasteiger partial charge on any atom is 0.335 e. The van der Waals surface area contributed by atoms with Crippen LogP contribution in [0.3, 0.4) is 0 Å². The smallest absolute Gasteiger partial charge is 0.335 e. The highest BCUT2D eigenvalue weighted by Crippen LogP contribution is 2.30. The number of benzene rings is 2. The van der Waals surface area contributed by atoms with Crippen molar-refractivity contribution in [2.24, 2.45) is 5.10 Å². The first kappa shape index (κ1) is 18.9. The maximum atomic E-state index is 12.1. The molecule has 2 amide bonds. The number of carboxylic acid groups (broad SMARTS) is 1. The van der Waals surface area contributed by atoms with Gasteiger partial charge >= 0.3 is 5.97 Å². The van der Waals surface area contributed by atoms with Gasteiger partial charge in [-0.1, -0.05) is 24.3 Å². The molecule has 3 rings (SSSR count). The van der Waals surface area contributed by atoms with Crippen LogP contribution in [0.2, 0.25) is 0 Å². The quantitative estimate of drug-likeness (QED) is 0.500. The molecule has 9 nitrogen and oxygen atoms in total. The fourth-order valence-corrected chi connectivity index (χ4v) is 2.36. The molecular weight excluding hydrogens is 366 g/mol. The van der Waals surface area contributed by atoms with Gasteiger partial charge in [0.2, 0.25) is 6.10 Å². The van der Waals surface area contributed by atoms with Crippen LogP contribution in [0.4, 0.5) is 0 Å². The molecule has 3 N–H and O–H groups in total. The van der Waals surface area contributed by atoms with Crippen molar-refractivity contribution in [3.63, 3.8) is 0 Å². The van der Waals surface area contributed by atoms with Crippen molar-refractivity contribution in [1.29, 1.82) is 0 Å². The molecule has 0 saturated heterocycles. The van der Waals surface area contributed by atoms with Crippen LogP contribution in [0.1, 0.15) is 15.9 Å². The second-order valence-corrected chi connectivity index (χ2v) is 5.80. The van der Waals surface area contributed by atoms with Crippen LogP contribution in [0.15, 0.2) is 53.6 Å². The zero-order chi connectivity index (χ0) is 19.9. The molecule has 2 aromatic rings. The largest absolute Gasteiger partial charge is 0.485 e. The minimum Gasteiger partial charge on any atom is -0.485 e. The van der Waals surface area contributed by atoms with Crippen molar-refractivity contribution in [2.45, 2.75) is 6.10 Å². The highest BCUT2D eigenvalue weighted by atomic mass is 16.6. The summed E-state index contributed by atoms with van der Waals surface area (Å²) in [6.45, 7) is -0.232. The monoisotopic (exact) mass is 383 g/mol. The summed E-state index contributed by atoms with van der Waals surface area (Å²) >= 11 is 0. The van der Waals surface area contributed by atoms with Gasteiger partial charge in [0.05, 0.1) is 18.3 Å². The van der Waals surface area contributed by atoms with Gasteiger partial charge in [0.15, 0.2) is 11.5 Å². The molecule has 0 radical (unpaired) electrons. The number of carbonyl (C=O) groups is 3. The summed E-state index contributed by atoms with van der Waals surface area (Å²) < 4.78 is 11.0. The van der Waals surface area contributed by atoms with Crippen LogP contribution in [0.5, 0.6) is 11.5 Å². The molecule has 1 heterocycles. The predicted molar refractivity (Wildman–Crippen MR) is 98.5 cm³/mol. The Bertz CT molecular complexity index is 910. The van der Waals surface area contributed by atoms with Gasteiger partial charge in [0.25, 0.3) is 11.8 Å². The summed E-state index contributed by atoms with van der Waals surface area (Å²) in [6, 6.07) is 13.0. The van der Waals surface area contributed by atoms with E-state index in [1.165, 1.54) is 18.3 Å². The van der Waals surface area contributed by atoms with Gasteiger partial charge in [-0.25, -0.2) is 10.2 Å². The van der Waals surface area contributed by atoms with E-state index < -0.39 is 23.9 Å². The Morgan fingerprint density at radius 2 is 1.82 bits per heavy atom. The lowest BCUT2D eigenvalue weighted by molar-refractivity contribution is -0.132. The molecule has 28 heavy (non-hydrogen) atoms. The first-order valence-corrected chi connectivity index (χ1v) is 8.34. The average Bonchev–Trinajstić information content (AvgIpc) is 2.72. The molecule has 0 fully saturated rings. The molecule has 1 atom stereocenters. The summed E-state index contributed by atoms with van der Waals surface area (Å²) in [5, 5.41) is 15.0. The fourth-order valence-electron chi connectivity index (χ4n) is 2.36. The fraction of sp³-hybridized carbons (Fsp3) is 0.158. The minimum absolute atomic E-state index is 0.0506. The number of hydrazone groups is 1. The second-order valence-electron chi connectivity index (χ2n) is 5.80. The van der Waals surface area contributed by atoms with E-state index in [0.29, 0.717) is 17.1 Å². The lowest BCUT2D eigenvalue weighted by atomic mass is 10.1. The number of para-hydroxylation sites is 2. The van der Waals surface area contributed by atoms with Crippen LogP contribution in [-0.2, 0) is 9.59 Å². The van der Waals surface area contributed by atoms with Gasteiger partial charge in [0.1, 0.15) is 6.61 Å². The van der Waals surface area contributed by atoms with E-state index in [-0.39, 0.29) is 18.7 Å². The van der Waals surface area contributed by atoms with Gasteiger partial charge in [0, 0.05) is 0 Å². The van der Waals surface area contributed by atoms with E-state index >= 15 is 0 Å². The number of aromatic carboxylic acids is 1. The van der Waals surface area contributed by atoms with Gasteiger partial charge in [-0.2, -0.15) is 5.10 Å². The Morgan fingerprint density at radius 1 is 1.11 bits per heavy atom. The molecule has 0 aliphatic carbocycles. The highest BCUT2D eigenvalue weighted by Gasteiger charge is 2.27. The summed E-state index contributed by atoms with van der Waals surface area (Å²) in [5.74, 6) is -0.989. The molecule has 9 heteroatoms. The normalized spacial score (nSPS) is 15.1. The number of ether oxygens (including phenoxy) is 2. The summed E-state index contributed by atoms with van der Waals surface area (Å²) in [4.78, 5) is 34.7. The number of nitrogens with zero attached hydrogens (tertiary/aromatic N) is 1. The molecule has 2 aromatic carbocycles. The number of carboxylic acids is 1. The van der Waals surface area contributed by atoms with Crippen molar-refractivity contribution in [3.8, 4) is 11.5 Å². The Balaban J connectivity index is 1.43. The lowest BCUT2D eigenvalue weighted by Gasteiger charge is -2.25. The first-order chi connectivity index (χ1) is 13.5. The van der Waals surface area contributed by atoms with Gasteiger partial charge in [-0.15, -0.1) is 0 Å². The third-order valence-corrected chi connectivity index (χ3v) is 3.78. The van der Waals surface area contributed by atoms with Crippen LogP contribution in [0, 0.1) is 0 Å². The number of fused-ring (bicyclic) bond motifs is 1. The number of carbonyl (C=O) groups excluding carboxylic acids is 2. The van der Waals surface area contributed by atoms with E-state index in [1.807, 2.05) is 0 Å².